The fourth-order valence-corrected chi connectivity index (χ4v) is 11.2. The lowest BCUT2D eigenvalue weighted by atomic mass is 9.69. The maximum Gasteiger partial charge on any atom is 0.0781 e. The molecule has 5 aromatic rings. The lowest BCUT2D eigenvalue weighted by Gasteiger charge is -2.34. The van der Waals surface area contributed by atoms with E-state index in [0.29, 0.717) is 5.92 Å². The van der Waals surface area contributed by atoms with Gasteiger partial charge in [-0.3, -0.25) is 0 Å². The number of aryl methyl sites for hydroxylation is 2. The highest BCUT2D eigenvalue weighted by Gasteiger charge is 2.43. The third kappa shape index (κ3) is 14.7. The molecular formula is C74H97N. The molecule has 1 aliphatic rings. The molecule has 398 valence electrons. The average Bonchev–Trinajstić information content (AvgIpc) is 3.67. The summed E-state index contributed by atoms with van der Waals surface area (Å²) in [5, 5.41) is 0. The van der Waals surface area contributed by atoms with Crippen LogP contribution in [-0.2, 0) is 23.7 Å². The molecule has 0 amide bonds. The minimum atomic E-state index is 0.0200. The zero-order chi connectivity index (χ0) is 54.3. The van der Waals surface area contributed by atoms with Crippen LogP contribution in [0, 0.1) is 12.8 Å². The SMILES string of the molecule is C=C(C(=Nc1c(/C(C)=C/C=C(\C)c2ccc3c(c2)C(CCCCCC)(CCCCCC)c2cc(C(C)(C)C)ccc2-3)ccc(/C(C)=C/C=C(\C)C(C)C)c1C)c1ccc(CCCC)cc1)c1ccc(CCCC)cc1. The van der Waals surface area contributed by atoms with E-state index in [9.17, 15) is 0 Å². The molecule has 0 N–H and O–H groups in total. The van der Waals surface area contributed by atoms with Gasteiger partial charge < -0.3 is 0 Å². The third-order valence-electron chi connectivity index (χ3n) is 16.6. The molecule has 0 aliphatic heterocycles. The Morgan fingerprint density at radius 1 is 0.533 bits per heavy atom. The molecule has 0 unspecified atom stereocenters. The van der Waals surface area contributed by atoms with Crippen molar-refractivity contribution >= 4 is 33.7 Å². The van der Waals surface area contributed by atoms with Crippen LogP contribution >= 0.6 is 0 Å². The highest BCUT2D eigenvalue weighted by atomic mass is 14.8. The maximum atomic E-state index is 5.82. The Labute approximate surface area is 458 Å². The van der Waals surface area contributed by atoms with Gasteiger partial charge in [0.05, 0.1) is 11.4 Å². The van der Waals surface area contributed by atoms with Crippen LogP contribution in [0.2, 0.25) is 0 Å². The number of rotatable bonds is 26. The Morgan fingerprint density at radius 2 is 1.01 bits per heavy atom. The molecule has 0 heterocycles. The van der Waals surface area contributed by atoms with Crippen molar-refractivity contribution in [2.75, 3.05) is 0 Å². The second-order valence-corrected chi connectivity index (χ2v) is 23.8. The number of aliphatic imine (C=N–C) groups is 1. The van der Waals surface area contributed by atoms with E-state index < -0.39 is 0 Å². The summed E-state index contributed by atoms with van der Waals surface area (Å²) < 4.78 is 0. The van der Waals surface area contributed by atoms with Gasteiger partial charge in [-0.2, -0.15) is 0 Å². The Hall–Kier alpha value is -5.53. The van der Waals surface area contributed by atoms with Crippen molar-refractivity contribution in [3.63, 3.8) is 0 Å². The van der Waals surface area contributed by atoms with E-state index in [-0.39, 0.29) is 10.8 Å². The highest BCUT2D eigenvalue weighted by Crippen LogP contribution is 2.55. The molecule has 0 radical (unpaired) electrons. The topological polar surface area (TPSA) is 12.4 Å². The largest absolute Gasteiger partial charge is 0.247 e. The molecule has 6 rings (SSSR count). The first kappa shape index (κ1) is 58.7. The minimum absolute atomic E-state index is 0.0200. The van der Waals surface area contributed by atoms with E-state index in [0.717, 1.165) is 46.5 Å². The zero-order valence-electron chi connectivity index (χ0n) is 49.6. The van der Waals surface area contributed by atoms with E-state index >= 15 is 0 Å². The van der Waals surface area contributed by atoms with Crippen LogP contribution in [0.1, 0.15) is 241 Å². The van der Waals surface area contributed by atoms with Crippen molar-refractivity contribution in [1.29, 1.82) is 0 Å². The summed E-state index contributed by atoms with van der Waals surface area (Å²) in [6, 6.07) is 37.8. The standard InChI is InChI=1S/C74H97N/c1-16-20-24-26-48-74(49-27-25-21-17-2)69-50-63(42-44-67(69)68-45-43-64(51-70(68)74)73(13,14)15)54(8)31-33-56(10)66-47-46-65(55(9)32-30-53(7)52(5)6)58(12)72(66)75-71(62-40-36-60(37-41-62)29-23-19-4)57(11)61-38-34-59(35-39-61)28-22-18-3/h30-47,50-52H,11,16-29,48-49H2,1-10,12-15H3/b53-30+,54-31+,55-32+,56-33+,75-71?. The normalized spacial score (nSPS) is 14.2. The first-order chi connectivity index (χ1) is 36.0. The van der Waals surface area contributed by atoms with Crippen molar-refractivity contribution in [1.82, 2.24) is 0 Å². The van der Waals surface area contributed by atoms with Gasteiger partial charge in [0, 0.05) is 22.1 Å². The van der Waals surface area contributed by atoms with Gasteiger partial charge in [0.1, 0.15) is 0 Å². The van der Waals surface area contributed by atoms with E-state index in [2.05, 4.69) is 218 Å². The van der Waals surface area contributed by atoms with Crippen molar-refractivity contribution in [2.24, 2.45) is 10.9 Å². The quantitative estimate of drug-likeness (QED) is 0.0297. The second kappa shape index (κ2) is 27.5. The maximum absolute atomic E-state index is 5.82. The smallest absolute Gasteiger partial charge is 0.0781 e. The zero-order valence-corrected chi connectivity index (χ0v) is 49.6. The van der Waals surface area contributed by atoms with Crippen molar-refractivity contribution in [2.45, 2.75) is 210 Å². The number of unbranched alkanes of at least 4 members (excludes halogenated alkanes) is 8. The van der Waals surface area contributed by atoms with Crippen LogP contribution in [0.3, 0.4) is 0 Å². The molecule has 0 spiro atoms. The number of hydrogen-bond donors (Lipinski definition) is 0. The predicted octanol–water partition coefficient (Wildman–Crippen LogP) is 22.5. The summed E-state index contributed by atoms with van der Waals surface area (Å²) in [5.41, 5.74) is 25.3. The Bertz CT molecular complexity index is 2840. The van der Waals surface area contributed by atoms with Gasteiger partial charge in [-0.1, -0.05) is 254 Å². The highest BCUT2D eigenvalue weighted by molar-refractivity contribution is 6.32. The van der Waals surface area contributed by atoms with Crippen LogP contribution in [0.15, 0.2) is 139 Å². The molecule has 75 heavy (non-hydrogen) atoms. The average molecular weight is 1000 g/mol. The lowest BCUT2D eigenvalue weighted by Crippen LogP contribution is -2.26. The molecular weight excluding hydrogens is 903 g/mol. The number of fused-ring (bicyclic) bond motifs is 3. The van der Waals surface area contributed by atoms with Gasteiger partial charge in [-0.15, -0.1) is 0 Å². The van der Waals surface area contributed by atoms with Gasteiger partial charge >= 0.3 is 0 Å². The first-order valence-corrected chi connectivity index (χ1v) is 29.6. The number of nitrogens with zero attached hydrogens (tertiary/aromatic N) is 1. The summed E-state index contributed by atoms with van der Waals surface area (Å²) in [6.45, 7) is 37.0. The second-order valence-electron chi connectivity index (χ2n) is 23.8. The molecule has 0 saturated heterocycles. The molecule has 0 fully saturated rings. The predicted molar refractivity (Wildman–Crippen MR) is 335 cm³/mol. The molecule has 0 atom stereocenters. The van der Waals surface area contributed by atoms with Gasteiger partial charge in [0.15, 0.2) is 0 Å². The minimum Gasteiger partial charge on any atom is -0.247 e. The number of allylic oxidation sites excluding steroid dienone is 9. The van der Waals surface area contributed by atoms with Crippen molar-refractivity contribution in [3.8, 4) is 11.1 Å². The molecule has 1 aliphatic carbocycles. The summed E-state index contributed by atoms with van der Waals surface area (Å²) in [6.07, 6.45) is 28.8. The Balaban J connectivity index is 1.51. The Morgan fingerprint density at radius 3 is 1.56 bits per heavy atom. The van der Waals surface area contributed by atoms with Crippen LogP contribution < -0.4 is 0 Å². The molecule has 0 saturated carbocycles. The summed E-state index contributed by atoms with van der Waals surface area (Å²) in [4.78, 5) is 5.82. The molecule has 1 heteroatoms. The van der Waals surface area contributed by atoms with Crippen LogP contribution in [0.4, 0.5) is 5.69 Å². The van der Waals surface area contributed by atoms with E-state index in [1.54, 1.807) is 11.1 Å². The van der Waals surface area contributed by atoms with E-state index in [4.69, 9.17) is 11.6 Å². The molecule has 0 aromatic heterocycles. The van der Waals surface area contributed by atoms with Crippen molar-refractivity contribution in [3.05, 3.63) is 195 Å². The van der Waals surface area contributed by atoms with Gasteiger partial charge in [-0.25, -0.2) is 4.99 Å². The summed E-state index contributed by atoms with van der Waals surface area (Å²) in [7, 11) is 0. The number of benzene rings is 5. The summed E-state index contributed by atoms with van der Waals surface area (Å²) >= 11 is 0. The Kier molecular flexibility index (Phi) is 21.5. The van der Waals surface area contributed by atoms with Crippen LogP contribution in [0.5, 0.6) is 0 Å². The van der Waals surface area contributed by atoms with Gasteiger partial charge in [0.2, 0.25) is 0 Å². The molecule has 0 bridgehead atoms. The first-order valence-electron chi connectivity index (χ1n) is 29.6. The number of hydrogen-bond acceptors (Lipinski definition) is 1. The van der Waals surface area contributed by atoms with Crippen LogP contribution in [0.25, 0.3) is 33.4 Å². The fourth-order valence-electron chi connectivity index (χ4n) is 11.2. The monoisotopic (exact) mass is 1000 g/mol. The van der Waals surface area contributed by atoms with Crippen LogP contribution in [-0.4, -0.2) is 5.71 Å². The molecule has 5 aromatic carbocycles. The van der Waals surface area contributed by atoms with E-state index in [1.165, 1.54) is 157 Å². The lowest BCUT2D eigenvalue weighted by molar-refractivity contribution is 0.400. The van der Waals surface area contributed by atoms with Gasteiger partial charge in [-0.05, 0) is 168 Å². The fraction of sp³-hybridized carbons (Fsp3) is 0.446. The van der Waals surface area contributed by atoms with Gasteiger partial charge in [0.25, 0.3) is 0 Å². The summed E-state index contributed by atoms with van der Waals surface area (Å²) in [5.74, 6) is 0.494. The van der Waals surface area contributed by atoms with E-state index in [1.807, 2.05) is 0 Å². The third-order valence-corrected chi connectivity index (χ3v) is 16.6. The van der Waals surface area contributed by atoms with Crippen molar-refractivity contribution < 1.29 is 0 Å². The molecule has 1 nitrogen and oxygen atoms in total.